The first kappa shape index (κ1) is 13.8. The lowest BCUT2D eigenvalue weighted by molar-refractivity contribution is -0.135. The van der Waals surface area contributed by atoms with Crippen LogP contribution in [-0.2, 0) is 9.47 Å². The first-order valence-electron chi connectivity index (χ1n) is 6.58. The Morgan fingerprint density at radius 3 is 2.90 bits per heavy atom. The number of aromatic nitrogens is 4. The van der Waals surface area contributed by atoms with Crippen LogP contribution in [0.1, 0.15) is 25.2 Å². The van der Waals surface area contributed by atoms with Gasteiger partial charge in [0.15, 0.2) is 5.79 Å². The van der Waals surface area contributed by atoms with Gasteiger partial charge in [0, 0.05) is 17.1 Å². The van der Waals surface area contributed by atoms with Crippen LogP contribution in [0.25, 0.3) is 5.78 Å². The third-order valence-corrected chi connectivity index (χ3v) is 4.03. The second-order valence-electron chi connectivity index (χ2n) is 5.41. The van der Waals surface area contributed by atoms with E-state index in [2.05, 4.69) is 15.1 Å². The van der Waals surface area contributed by atoms with Crippen molar-refractivity contribution in [3.05, 3.63) is 17.5 Å². The zero-order valence-electron chi connectivity index (χ0n) is 12.1. The van der Waals surface area contributed by atoms with Gasteiger partial charge in [0.1, 0.15) is 0 Å². The molecule has 0 unspecified atom stereocenters. The van der Waals surface area contributed by atoms with Crippen molar-refractivity contribution in [3.63, 3.8) is 0 Å². The summed E-state index contributed by atoms with van der Waals surface area (Å²) in [5.74, 6) is 0.944. The van der Waals surface area contributed by atoms with Gasteiger partial charge in [-0.3, -0.25) is 0 Å². The van der Waals surface area contributed by atoms with Crippen LogP contribution < -0.4 is 0 Å². The van der Waals surface area contributed by atoms with Crippen LogP contribution in [0.2, 0.25) is 0 Å². The molecular weight excluding hydrogens is 276 g/mol. The monoisotopic (exact) mass is 294 g/mol. The van der Waals surface area contributed by atoms with Crippen molar-refractivity contribution in [2.24, 2.45) is 0 Å². The van der Waals surface area contributed by atoms with Crippen molar-refractivity contribution < 1.29 is 9.47 Å². The minimum absolute atomic E-state index is 0.0809. The van der Waals surface area contributed by atoms with Crippen molar-refractivity contribution in [2.45, 2.75) is 44.7 Å². The first-order valence-corrected chi connectivity index (χ1v) is 7.57. The van der Waals surface area contributed by atoms with E-state index in [1.807, 2.05) is 33.8 Å². The van der Waals surface area contributed by atoms with E-state index >= 15 is 0 Å². The number of aryl methyl sites for hydroxylation is 2. The topological polar surface area (TPSA) is 61.5 Å². The van der Waals surface area contributed by atoms with Crippen LogP contribution in [0.5, 0.6) is 0 Å². The van der Waals surface area contributed by atoms with Crippen LogP contribution in [0.4, 0.5) is 0 Å². The molecule has 0 bridgehead atoms. The molecule has 0 aliphatic carbocycles. The van der Waals surface area contributed by atoms with E-state index < -0.39 is 5.79 Å². The molecule has 6 nitrogen and oxygen atoms in total. The van der Waals surface area contributed by atoms with Gasteiger partial charge in [0.25, 0.3) is 5.78 Å². The Balaban J connectivity index is 1.71. The molecule has 0 amide bonds. The second-order valence-corrected chi connectivity index (χ2v) is 6.39. The highest BCUT2D eigenvalue weighted by Crippen LogP contribution is 2.26. The number of thioether (sulfide) groups is 1. The van der Waals surface area contributed by atoms with Gasteiger partial charge in [0.05, 0.1) is 12.7 Å². The molecule has 0 spiro atoms. The second kappa shape index (κ2) is 4.98. The summed E-state index contributed by atoms with van der Waals surface area (Å²) in [4.78, 5) is 8.82. The fourth-order valence-corrected chi connectivity index (χ4v) is 3.01. The van der Waals surface area contributed by atoms with E-state index in [9.17, 15) is 0 Å². The smallest absolute Gasteiger partial charge is 0.253 e. The zero-order valence-corrected chi connectivity index (χ0v) is 12.9. The Hall–Kier alpha value is -1.18. The van der Waals surface area contributed by atoms with E-state index in [0.29, 0.717) is 12.4 Å². The molecule has 0 saturated carbocycles. The van der Waals surface area contributed by atoms with Gasteiger partial charge in [0.2, 0.25) is 5.16 Å². The highest BCUT2D eigenvalue weighted by molar-refractivity contribution is 7.99. The predicted octanol–water partition coefficient (Wildman–Crippen LogP) is 1.98. The predicted molar refractivity (Wildman–Crippen MR) is 75.9 cm³/mol. The molecule has 3 heterocycles. The van der Waals surface area contributed by atoms with Gasteiger partial charge >= 0.3 is 0 Å². The van der Waals surface area contributed by atoms with Crippen molar-refractivity contribution in [2.75, 3.05) is 12.4 Å². The Kier molecular flexibility index (Phi) is 3.43. The maximum absolute atomic E-state index is 5.77. The lowest BCUT2D eigenvalue weighted by Crippen LogP contribution is -2.22. The molecule has 20 heavy (non-hydrogen) atoms. The number of rotatable bonds is 3. The highest BCUT2D eigenvalue weighted by atomic mass is 32.2. The number of hydrogen-bond donors (Lipinski definition) is 0. The van der Waals surface area contributed by atoms with E-state index in [1.165, 1.54) is 0 Å². The minimum Gasteiger partial charge on any atom is -0.348 e. The molecule has 1 atom stereocenters. The molecule has 1 aliphatic rings. The highest BCUT2D eigenvalue weighted by Gasteiger charge is 2.32. The quantitative estimate of drug-likeness (QED) is 0.807. The largest absolute Gasteiger partial charge is 0.348 e. The van der Waals surface area contributed by atoms with E-state index in [1.54, 1.807) is 16.3 Å². The van der Waals surface area contributed by atoms with Crippen molar-refractivity contribution in [1.82, 2.24) is 19.6 Å². The van der Waals surface area contributed by atoms with E-state index in [-0.39, 0.29) is 6.10 Å². The maximum Gasteiger partial charge on any atom is 0.253 e. The van der Waals surface area contributed by atoms with Crippen LogP contribution in [0.3, 0.4) is 0 Å². The fraction of sp³-hybridized carbons (Fsp3) is 0.615. The molecular formula is C13H18N4O2S. The standard InChI is InChI=1S/C13H18N4O2S/c1-8-5-9(2)17-11(14-8)15-12(16-17)20-7-10-6-18-13(3,4)19-10/h5,10H,6-7H2,1-4H3/t10-/m1/s1. The molecule has 0 N–H and O–H groups in total. The molecule has 1 aliphatic heterocycles. The third kappa shape index (κ3) is 2.79. The van der Waals surface area contributed by atoms with Gasteiger partial charge in [-0.25, -0.2) is 9.50 Å². The summed E-state index contributed by atoms with van der Waals surface area (Å²) in [5, 5.41) is 5.18. The summed E-state index contributed by atoms with van der Waals surface area (Å²) in [6.45, 7) is 8.43. The number of nitrogens with zero attached hydrogens (tertiary/aromatic N) is 4. The molecule has 0 aromatic carbocycles. The van der Waals surface area contributed by atoms with Gasteiger partial charge in [-0.1, -0.05) is 11.8 Å². The molecule has 1 saturated heterocycles. The van der Waals surface area contributed by atoms with Crippen LogP contribution >= 0.6 is 11.8 Å². The molecule has 7 heteroatoms. The van der Waals surface area contributed by atoms with Crippen molar-refractivity contribution >= 4 is 17.5 Å². The Morgan fingerprint density at radius 1 is 1.40 bits per heavy atom. The maximum atomic E-state index is 5.77. The fourth-order valence-electron chi connectivity index (χ4n) is 2.22. The van der Waals surface area contributed by atoms with Gasteiger partial charge in [-0.2, -0.15) is 4.98 Å². The average Bonchev–Trinajstić information content (AvgIpc) is 2.90. The Morgan fingerprint density at radius 2 is 2.20 bits per heavy atom. The lowest BCUT2D eigenvalue weighted by Gasteiger charge is -2.16. The zero-order chi connectivity index (χ0) is 14.3. The molecule has 2 aromatic rings. The van der Waals surface area contributed by atoms with Crippen LogP contribution in [-0.4, -0.2) is 43.8 Å². The van der Waals surface area contributed by atoms with Crippen LogP contribution in [0.15, 0.2) is 11.2 Å². The number of ether oxygens (including phenoxy) is 2. The first-order chi connectivity index (χ1) is 9.43. The summed E-state index contributed by atoms with van der Waals surface area (Å²) < 4.78 is 13.1. The number of fused-ring (bicyclic) bond motifs is 1. The Labute approximate surface area is 121 Å². The van der Waals surface area contributed by atoms with Gasteiger partial charge in [-0.15, -0.1) is 5.10 Å². The summed E-state index contributed by atoms with van der Waals surface area (Å²) in [7, 11) is 0. The summed E-state index contributed by atoms with van der Waals surface area (Å²) in [5.41, 5.74) is 1.99. The van der Waals surface area contributed by atoms with E-state index in [0.717, 1.165) is 22.3 Å². The number of hydrogen-bond acceptors (Lipinski definition) is 6. The van der Waals surface area contributed by atoms with Gasteiger partial charge in [-0.05, 0) is 33.8 Å². The van der Waals surface area contributed by atoms with Crippen LogP contribution in [0, 0.1) is 13.8 Å². The van der Waals surface area contributed by atoms with Gasteiger partial charge < -0.3 is 9.47 Å². The lowest BCUT2D eigenvalue weighted by atomic mass is 10.4. The minimum atomic E-state index is -0.479. The molecule has 0 radical (unpaired) electrons. The average molecular weight is 294 g/mol. The summed E-state index contributed by atoms with van der Waals surface area (Å²) in [6.07, 6.45) is 0.0809. The molecule has 2 aromatic heterocycles. The van der Waals surface area contributed by atoms with E-state index in [4.69, 9.17) is 9.47 Å². The summed E-state index contributed by atoms with van der Waals surface area (Å²) >= 11 is 1.57. The molecule has 1 fully saturated rings. The molecule has 108 valence electrons. The summed E-state index contributed by atoms with van der Waals surface area (Å²) in [6, 6.07) is 1.99. The SMILES string of the molecule is Cc1cc(C)n2nc(SC[C@H]3COC(C)(C)O3)nc2n1. The molecule has 3 rings (SSSR count). The normalized spacial score (nSPS) is 21.7. The Bertz CT molecular complexity index is 641. The third-order valence-electron chi connectivity index (χ3n) is 3.06. The van der Waals surface area contributed by atoms with Crippen molar-refractivity contribution in [3.8, 4) is 0 Å². The van der Waals surface area contributed by atoms with Crippen molar-refractivity contribution in [1.29, 1.82) is 0 Å².